The van der Waals surface area contributed by atoms with Gasteiger partial charge in [-0.25, -0.2) is 12.8 Å². The molecule has 0 aliphatic carbocycles. The maximum Gasteiger partial charge on any atom is 0.264 e. The van der Waals surface area contributed by atoms with E-state index in [1.807, 2.05) is 6.07 Å². The van der Waals surface area contributed by atoms with Crippen molar-refractivity contribution in [3.8, 4) is 11.5 Å². The van der Waals surface area contributed by atoms with Crippen LogP contribution in [0.4, 0.5) is 10.1 Å². The Kier molecular flexibility index (Phi) is 5.52. The normalized spacial score (nSPS) is 16.9. The van der Waals surface area contributed by atoms with Crippen LogP contribution in [0.5, 0.6) is 11.5 Å². The average molecular weight is 459 g/mol. The molecule has 1 fully saturated rings. The molecule has 2 aliphatic rings. The highest BCUT2D eigenvalue weighted by Gasteiger charge is 2.35. The zero-order valence-corrected chi connectivity index (χ0v) is 18.1. The van der Waals surface area contributed by atoms with Crippen LogP contribution in [-0.2, 0) is 16.6 Å². The van der Waals surface area contributed by atoms with Crippen molar-refractivity contribution in [2.75, 3.05) is 24.2 Å². The van der Waals surface area contributed by atoms with Crippen LogP contribution >= 0.6 is 0 Å². The van der Waals surface area contributed by atoms with Gasteiger partial charge in [-0.15, -0.1) is 0 Å². The lowest BCUT2D eigenvalue weighted by Gasteiger charge is -2.39. The second-order valence-corrected chi connectivity index (χ2v) is 9.75. The standard InChI is InChI=1S/C23H23FN2O5S/c24-18-1-4-21(5-2-18)32(27,28)26(20-3-6-22-23(13-20)31-16-30-22)19-7-10-25(11-8-19)14-17-9-12-29-15-17/h1-6,9,12-13,15,19H,7-8,10-11,14,16H2. The van der Waals surface area contributed by atoms with Gasteiger partial charge in [0.05, 0.1) is 23.1 Å². The molecule has 32 heavy (non-hydrogen) atoms. The first kappa shape index (κ1) is 20.8. The quantitative estimate of drug-likeness (QED) is 0.556. The fraction of sp³-hybridized carbons (Fsp3) is 0.304. The van der Waals surface area contributed by atoms with E-state index in [0.717, 1.165) is 37.3 Å². The number of piperidine rings is 1. The molecule has 2 aliphatic heterocycles. The molecule has 2 aromatic carbocycles. The average Bonchev–Trinajstić information content (AvgIpc) is 3.47. The van der Waals surface area contributed by atoms with Gasteiger partial charge in [0.25, 0.3) is 10.0 Å². The van der Waals surface area contributed by atoms with E-state index in [-0.39, 0.29) is 17.7 Å². The molecule has 0 saturated carbocycles. The SMILES string of the molecule is O=S(=O)(c1ccc(F)cc1)N(c1ccc2c(c1)OCO2)C1CCN(Cc2ccoc2)CC1. The van der Waals surface area contributed by atoms with Gasteiger partial charge in [-0.3, -0.25) is 9.21 Å². The lowest BCUT2D eigenvalue weighted by atomic mass is 10.0. The van der Waals surface area contributed by atoms with E-state index in [1.54, 1.807) is 30.7 Å². The van der Waals surface area contributed by atoms with E-state index in [2.05, 4.69) is 4.90 Å². The first-order valence-electron chi connectivity index (χ1n) is 10.4. The maximum absolute atomic E-state index is 13.7. The third kappa shape index (κ3) is 4.05. The first-order valence-corrected chi connectivity index (χ1v) is 11.9. The largest absolute Gasteiger partial charge is 0.472 e. The van der Waals surface area contributed by atoms with Gasteiger partial charge in [0, 0.05) is 37.3 Å². The first-order chi connectivity index (χ1) is 15.5. The summed E-state index contributed by atoms with van der Waals surface area (Å²) in [6.07, 6.45) is 4.70. The Hall–Kier alpha value is -3.04. The molecule has 7 nitrogen and oxygen atoms in total. The number of halogens is 1. The molecule has 1 saturated heterocycles. The number of hydrogen-bond donors (Lipinski definition) is 0. The van der Waals surface area contributed by atoms with Crippen LogP contribution in [0.2, 0.25) is 0 Å². The number of likely N-dealkylation sites (tertiary alicyclic amines) is 1. The number of nitrogens with zero attached hydrogens (tertiary/aromatic N) is 2. The lowest BCUT2D eigenvalue weighted by molar-refractivity contribution is 0.174. The van der Waals surface area contributed by atoms with E-state index in [0.29, 0.717) is 30.0 Å². The molecule has 0 spiro atoms. The molecule has 1 aromatic heterocycles. The molecule has 3 heterocycles. The number of fused-ring (bicyclic) bond motifs is 1. The Morgan fingerprint density at radius 2 is 1.75 bits per heavy atom. The summed E-state index contributed by atoms with van der Waals surface area (Å²) in [5.41, 5.74) is 1.60. The number of ether oxygens (including phenoxy) is 2. The molecule has 9 heteroatoms. The Morgan fingerprint density at radius 1 is 1.00 bits per heavy atom. The zero-order chi connectivity index (χ0) is 22.1. The highest BCUT2D eigenvalue weighted by atomic mass is 32.2. The molecule has 5 rings (SSSR count). The van der Waals surface area contributed by atoms with Crippen molar-refractivity contribution < 1.29 is 26.7 Å². The number of furan rings is 1. The predicted octanol–water partition coefficient (Wildman–Crippen LogP) is 4.01. The van der Waals surface area contributed by atoms with E-state index in [1.165, 1.54) is 16.4 Å². The zero-order valence-electron chi connectivity index (χ0n) is 17.3. The second-order valence-electron chi connectivity index (χ2n) is 7.93. The van der Waals surface area contributed by atoms with Gasteiger partial charge in [-0.05, 0) is 55.3 Å². The molecule has 0 amide bonds. The third-order valence-electron chi connectivity index (χ3n) is 5.86. The minimum atomic E-state index is -3.92. The van der Waals surface area contributed by atoms with Crippen molar-refractivity contribution in [2.45, 2.75) is 30.3 Å². The van der Waals surface area contributed by atoms with Crippen LogP contribution in [0.25, 0.3) is 0 Å². The van der Waals surface area contributed by atoms with Gasteiger partial charge in [0.2, 0.25) is 6.79 Å². The summed E-state index contributed by atoms with van der Waals surface area (Å²) >= 11 is 0. The van der Waals surface area contributed by atoms with E-state index in [4.69, 9.17) is 13.9 Å². The topological polar surface area (TPSA) is 72.2 Å². The monoisotopic (exact) mass is 458 g/mol. The van der Waals surface area contributed by atoms with Crippen LogP contribution in [0.3, 0.4) is 0 Å². The summed E-state index contributed by atoms with van der Waals surface area (Å²) in [7, 11) is -3.92. The van der Waals surface area contributed by atoms with Gasteiger partial charge >= 0.3 is 0 Å². The highest BCUT2D eigenvalue weighted by molar-refractivity contribution is 7.92. The number of anilines is 1. The Morgan fingerprint density at radius 3 is 2.47 bits per heavy atom. The molecule has 0 bridgehead atoms. The van der Waals surface area contributed by atoms with Crippen LogP contribution < -0.4 is 13.8 Å². The smallest absolute Gasteiger partial charge is 0.264 e. The molecule has 168 valence electrons. The molecule has 0 radical (unpaired) electrons. The van der Waals surface area contributed by atoms with Crippen LogP contribution in [-0.4, -0.2) is 39.2 Å². The van der Waals surface area contributed by atoms with Crippen molar-refractivity contribution in [1.29, 1.82) is 0 Å². The maximum atomic E-state index is 13.7. The van der Waals surface area contributed by atoms with Gasteiger partial charge in [0.15, 0.2) is 11.5 Å². The summed E-state index contributed by atoms with van der Waals surface area (Å²) < 4.78 is 58.3. The van der Waals surface area contributed by atoms with Gasteiger partial charge in [0.1, 0.15) is 5.82 Å². The van der Waals surface area contributed by atoms with Crippen molar-refractivity contribution >= 4 is 15.7 Å². The lowest BCUT2D eigenvalue weighted by Crippen LogP contribution is -2.47. The summed E-state index contributed by atoms with van der Waals surface area (Å²) in [6, 6.07) is 11.8. The predicted molar refractivity (Wildman–Crippen MR) is 116 cm³/mol. The van der Waals surface area contributed by atoms with Gasteiger partial charge in [-0.2, -0.15) is 0 Å². The third-order valence-corrected chi connectivity index (χ3v) is 7.75. The summed E-state index contributed by atoms with van der Waals surface area (Å²) in [4.78, 5) is 2.33. The summed E-state index contributed by atoms with van der Waals surface area (Å²) in [5, 5.41) is 0. The fourth-order valence-corrected chi connectivity index (χ4v) is 5.94. The van der Waals surface area contributed by atoms with Crippen molar-refractivity contribution in [1.82, 2.24) is 4.90 Å². The second kappa shape index (κ2) is 8.48. The molecule has 3 aromatic rings. The van der Waals surface area contributed by atoms with Gasteiger partial charge < -0.3 is 13.9 Å². The number of hydrogen-bond acceptors (Lipinski definition) is 6. The Balaban J connectivity index is 1.44. The van der Waals surface area contributed by atoms with E-state index < -0.39 is 15.8 Å². The van der Waals surface area contributed by atoms with Crippen LogP contribution in [0.15, 0.2) is 70.4 Å². The number of rotatable bonds is 6. The Bertz CT molecular complexity index is 1170. The fourth-order valence-electron chi connectivity index (χ4n) is 4.24. The summed E-state index contributed by atoms with van der Waals surface area (Å²) in [5.74, 6) is 0.619. The number of benzene rings is 2. The van der Waals surface area contributed by atoms with Crippen molar-refractivity contribution in [2.24, 2.45) is 0 Å². The molecule has 0 unspecified atom stereocenters. The van der Waals surface area contributed by atoms with Crippen LogP contribution in [0.1, 0.15) is 18.4 Å². The molecular formula is C23H23FN2O5S. The molecule has 0 N–H and O–H groups in total. The van der Waals surface area contributed by atoms with E-state index in [9.17, 15) is 12.8 Å². The van der Waals surface area contributed by atoms with Crippen LogP contribution in [0, 0.1) is 5.82 Å². The van der Waals surface area contributed by atoms with Gasteiger partial charge in [-0.1, -0.05) is 0 Å². The Labute approximate surface area is 186 Å². The summed E-state index contributed by atoms with van der Waals surface area (Å²) in [6.45, 7) is 2.36. The van der Waals surface area contributed by atoms with Crippen molar-refractivity contribution in [3.05, 3.63) is 72.4 Å². The molecule has 0 atom stereocenters. The number of sulfonamides is 1. The minimum absolute atomic E-state index is 0.0531. The van der Waals surface area contributed by atoms with Crippen molar-refractivity contribution in [3.63, 3.8) is 0 Å². The molecular weight excluding hydrogens is 435 g/mol. The minimum Gasteiger partial charge on any atom is -0.472 e. The highest BCUT2D eigenvalue weighted by Crippen LogP contribution is 2.39. The van der Waals surface area contributed by atoms with E-state index >= 15 is 0 Å².